The van der Waals surface area contributed by atoms with Crippen LogP contribution >= 0.6 is 0 Å². The number of aryl methyl sites for hydroxylation is 10. The summed E-state index contributed by atoms with van der Waals surface area (Å²) in [5.74, 6) is 0. The molecule has 0 spiro atoms. The molecule has 0 saturated heterocycles. The number of benzene rings is 10. The molecule has 10 aromatic rings. The van der Waals surface area contributed by atoms with Gasteiger partial charge < -0.3 is 0 Å². The summed E-state index contributed by atoms with van der Waals surface area (Å²) in [4.78, 5) is 0. The summed E-state index contributed by atoms with van der Waals surface area (Å²) in [7, 11) is 0. The van der Waals surface area contributed by atoms with Crippen molar-refractivity contribution in [3.05, 3.63) is 223 Å². The lowest BCUT2D eigenvalue weighted by molar-refractivity contribution is 0.521. The highest BCUT2D eigenvalue weighted by Gasteiger charge is 2.45. The van der Waals surface area contributed by atoms with Crippen molar-refractivity contribution in [3.63, 3.8) is 0 Å². The van der Waals surface area contributed by atoms with Gasteiger partial charge in [0.1, 0.15) is 0 Å². The summed E-state index contributed by atoms with van der Waals surface area (Å²) >= 11 is 0. The van der Waals surface area contributed by atoms with Gasteiger partial charge in [0, 0.05) is 10.8 Å². The molecular formula is C72H66B2. The molecule has 3 aliphatic carbocycles. The second-order valence-corrected chi connectivity index (χ2v) is 24.2. The molecule has 0 radical (unpaired) electrons. The van der Waals surface area contributed by atoms with Gasteiger partial charge in [0.15, 0.2) is 0 Å². The Morgan fingerprint density at radius 3 is 0.892 bits per heavy atom. The Kier molecular flexibility index (Phi) is 10.2. The molecule has 0 atom stereocenters. The topological polar surface area (TPSA) is 0 Å². The third kappa shape index (κ3) is 6.55. The molecule has 0 saturated carbocycles. The Hall–Kier alpha value is -7.15. The van der Waals surface area contributed by atoms with Crippen molar-refractivity contribution >= 4 is 67.7 Å². The van der Waals surface area contributed by atoms with Gasteiger partial charge in [0.25, 0.3) is 0 Å². The molecule has 0 bridgehead atoms. The van der Waals surface area contributed by atoms with Crippen molar-refractivity contribution in [2.75, 3.05) is 0 Å². The second kappa shape index (κ2) is 16.2. The van der Waals surface area contributed by atoms with Crippen LogP contribution in [0.5, 0.6) is 0 Å². The van der Waals surface area contributed by atoms with E-state index in [4.69, 9.17) is 0 Å². The summed E-state index contributed by atoms with van der Waals surface area (Å²) in [5.41, 5.74) is 37.9. The van der Waals surface area contributed by atoms with E-state index in [-0.39, 0.29) is 24.3 Å². The van der Waals surface area contributed by atoms with E-state index >= 15 is 0 Å². The lowest BCUT2D eigenvalue weighted by Crippen LogP contribution is -2.55. The van der Waals surface area contributed by atoms with Gasteiger partial charge in [-0.3, -0.25) is 0 Å². The van der Waals surface area contributed by atoms with E-state index in [9.17, 15) is 0 Å². The summed E-state index contributed by atoms with van der Waals surface area (Å²) in [6.07, 6.45) is 0. The first kappa shape index (κ1) is 46.6. The Morgan fingerprint density at radius 1 is 0.270 bits per heavy atom. The van der Waals surface area contributed by atoms with E-state index in [0.717, 1.165) is 0 Å². The van der Waals surface area contributed by atoms with Gasteiger partial charge in [0.05, 0.1) is 0 Å². The zero-order valence-electron chi connectivity index (χ0n) is 46.0. The van der Waals surface area contributed by atoms with Crippen LogP contribution in [0.1, 0.15) is 106 Å². The molecule has 13 rings (SSSR count). The molecule has 0 N–H and O–H groups in total. The van der Waals surface area contributed by atoms with E-state index < -0.39 is 0 Å². The molecule has 3 aliphatic rings. The first-order valence-corrected chi connectivity index (χ1v) is 27.1. The molecule has 74 heavy (non-hydrogen) atoms. The third-order valence-corrected chi connectivity index (χ3v) is 18.5. The molecule has 0 amide bonds. The lowest BCUT2D eigenvalue weighted by Gasteiger charge is -2.44. The first-order chi connectivity index (χ1) is 35.3. The van der Waals surface area contributed by atoms with Gasteiger partial charge in [-0.25, -0.2) is 0 Å². The Balaban J connectivity index is 0.966. The average molecular weight is 953 g/mol. The van der Waals surface area contributed by atoms with Crippen LogP contribution in [0.4, 0.5) is 0 Å². The maximum absolute atomic E-state index is 2.61. The van der Waals surface area contributed by atoms with Crippen LogP contribution in [-0.2, 0) is 10.8 Å². The fourth-order valence-corrected chi connectivity index (χ4v) is 15.3. The van der Waals surface area contributed by atoms with Crippen LogP contribution in [0.3, 0.4) is 0 Å². The summed E-state index contributed by atoms with van der Waals surface area (Å²) in [6, 6.07) is 58.2. The van der Waals surface area contributed by atoms with Crippen molar-refractivity contribution in [1.29, 1.82) is 0 Å². The van der Waals surface area contributed by atoms with Gasteiger partial charge in [-0.2, -0.15) is 0 Å². The predicted molar refractivity (Wildman–Crippen MR) is 323 cm³/mol. The van der Waals surface area contributed by atoms with Crippen LogP contribution in [0.25, 0.3) is 66.1 Å². The molecule has 2 heteroatoms. The number of fused-ring (bicyclic) bond motifs is 8. The standard InChI is InChI=1S/C72H66B2/c1-39-21-25-63(43(5)29-39)73(69-45(7)31-41(3)32-46(69)8)65-27-23-51-57-37-61-59(35-55(57)49-17-15-19-53(65)67(49)51)71(11,12)62-38-58-52-24-28-66(54-20-16-18-50(68(52)54)56(58)36-60(62)72(61,13)14)74(64-26-22-40(2)30-44(64)6)70-47(9)33-42(4)34-48(70)10/h15-38H,1-14H3. The van der Waals surface area contributed by atoms with E-state index in [1.165, 1.54) is 177 Å². The average Bonchev–Trinajstić information content (AvgIpc) is 3.85. The molecular weight excluding hydrogens is 886 g/mol. The Morgan fingerprint density at radius 2 is 0.568 bits per heavy atom. The lowest BCUT2D eigenvalue weighted by atomic mass is 9.34. The monoisotopic (exact) mass is 953 g/mol. The van der Waals surface area contributed by atoms with E-state index in [1.54, 1.807) is 0 Å². The quantitative estimate of drug-likeness (QED) is 0.146. The first-order valence-electron chi connectivity index (χ1n) is 27.1. The minimum Gasteiger partial charge on any atom is -0.0664 e. The largest absolute Gasteiger partial charge is 0.243 e. The zero-order valence-corrected chi connectivity index (χ0v) is 46.0. The Bertz CT molecular complexity index is 3740. The van der Waals surface area contributed by atoms with Gasteiger partial charge in [-0.15, -0.1) is 0 Å². The SMILES string of the molecule is Cc1ccc(B(c2c(C)cc(C)cc2C)c2ccc3c4c(cccc24)-c2cc4c(cc2-3)C(C)(C)c2cc3c(cc2C4(C)C)-c2ccc(B(c4ccc(C)cc4C)c4c(C)cc(C)cc4C)c4cccc-3c24)c(C)c1. The molecule has 0 nitrogen and oxygen atoms in total. The van der Waals surface area contributed by atoms with Gasteiger partial charge in [-0.05, 0) is 182 Å². The normalized spacial score (nSPS) is 14.0. The highest BCUT2D eigenvalue weighted by Crippen LogP contribution is 2.58. The molecule has 0 unspecified atom stereocenters. The molecule has 10 aromatic carbocycles. The van der Waals surface area contributed by atoms with Crippen molar-refractivity contribution < 1.29 is 0 Å². The summed E-state index contributed by atoms with van der Waals surface area (Å²) < 4.78 is 0. The van der Waals surface area contributed by atoms with E-state index in [1.807, 2.05) is 0 Å². The van der Waals surface area contributed by atoms with Gasteiger partial charge in [0.2, 0.25) is 13.4 Å². The number of rotatable bonds is 6. The molecule has 0 aliphatic heterocycles. The van der Waals surface area contributed by atoms with Crippen LogP contribution in [-0.4, -0.2) is 13.4 Å². The molecule has 360 valence electrons. The number of hydrogen-bond donors (Lipinski definition) is 0. The van der Waals surface area contributed by atoms with Crippen molar-refractivity contribution in [1.82, 2.24) is 0 Å². The third-order valence-electron chi connectivity index (χ3n) is 18.5. The van der Waals surface area contributed by atoms with E-state index in [2.05, 4.69) is 243 Å². The highest BCUT2D eigenvalue weighted by molar-refractivity contribution is 6.98. The van der Waals surface area contributed by atoms with Crippen LogP contribution < -0.4 is 32.8 Å². The fourth-order valence-electron chi connectivity index (χ4n) is 15.3. The molecule has 0 aromatic heterocycles. The van der Waals surface area contributed by atoms with Crippen LogP contribution in [0.15, 0.2) is 146 Å². The minimum atomic E-state index is -0.241. The van der Waals surface area contributed by atoms with Gasteiger partial charge in [-0.1, -0.05) is 237 Å². The molecule has 0 heterocycles. The fraction of sp³-hybridized carbons (Fsp3) is 0.222. The van der Waals surface area contributed by atoms with E-state index in [0.29, 0.717) is 0 Å². The molecule has 0 fully saturated rings. The van der Waals surface area contributed by atoms with Crippen LogP contribution in [0, 0.1) is 69.2 Å². The second-order valence-electron chi connectivity index (χ2n) is 24.2. The summed E-state index contributed by atoms with van der Waals surface area (Å²) in [5, 5.41) is 5.50. The van der Waals surface area contributed by atoms with Gasteiger partial charge >= 0.3 is 0 Å². The summed E-state index contributed by atoms with van der Waals surface area (Å²) in [6.45, 7) is 32.9. The zero-order chi connectivity index (χ0) is 51.6. The number of hydrogen-bond acceptors (Lipinski definition) is 0. The Labute approximate surface area is 441 Å². The minimum absolute atomic E-state index is 0.106. The van der Waals surface area contributed by atoms with Crippen molar-refractivity contribution in [2.45, 2.75) is 108 Å². The smallest absolute Gasteiger partial charge is 0.0664 e. The maximum Gasteiger partial charge on any atom is 0.243 e. The maximum atomic E-state index is 2.61. The van der Waals surface area contributed by atoms with Crippen molar-refractivity contribution in [3.8, 4) is 44.5 Å². The van der Waals surface area contributed by atoms with Crippen LogP contribution in [0.2, 0.25) is 0 Å². The predicted octanol–water partition coefficient (Wildman–Crippen LogP) is 14.4. The van der Waals surface area contributed by atoms with Crippen molar-refractivity contribution in [2.24, 2.45) is 0 Å². The highest BCUT2D eigenvalue weighted by atomic mass is 14.5.